The molecule has 2 aromatic rings. The maximum Gasteiger partial charge on any atom is 1.00 e. The molecule has 0 unspecified atom stereocenters. The molecular weight excluding hydrogens is 574 g/mol. The van der Waals surface area contributed by atoms with Gasteiger partial charge in [0.1, 0.15) is 10.1 Å². The summed E-state index contributed by atoms with van der Waals surface area (Å²) in [5, 5.41) is 0. The van der Waals surface area contributed by atoms with Crippen LogP contribution in [0.3, 0.4) is 0 Å². The number of fused-ring (bicyclic) bond motifs is 2. The SMILES string of the molecule is CC1=C(C=CC=CC=CC=C2N(C)c3ccc(S(=O)(=O)[O-])cc3C2(C)C)C(C)(C)c2cc(S(=O)(=O)O)ccc21.[K+]. The number of hydrogen-bond donors (Lipinski definition) is 1. The van der Waals surface area contributed by atoms with Crippen molar-refractivity contribution in [3.8, 4) is 0 Å². The third-order valence-corrected chi connectivity index (χ3v) is 9.38. The fourth-order valence-electron chi connectivity index (χ4n) is 5.58. The Balaban J connectivity index is 0.00000441. The summed E-state index contributed by atoms with van der Waals surface area (Å²) < 4.78 is 67.2. The molecule has 1 N–H and O–H groups in total. The Morgan fingerprint density at radius 1 is 0.825 bits per heavy atom. The largest absolute Gasteiger partial charge is 1.00 e. The van der Waals surface area contributed by atoms with E-state index in [0.717, 1.165) is 39.2 Å². The van der Waals surface area contributed by atoms with Crippen molar-refractivity contribution in [1.82, 2.24) is 0 Å². The molecule has 2 aromatic carbocycles. The maximum absolute atomic E-state index is 11.6. The zero-order valence-corrected chi connectivity index (χ0v) is 28.5. The van der Waals surface area contributed by atoms with Crippen molar-refractivity contribution < 1.29 is 77.3 Å². The summed E-state index contributed by atoms with van der Waals surface area (Å²) in [4.78, 5) is 1.65. The van der Waals surface area contributed by atoms with Crippen LogP contribution in [0, 0.1) is 0 Å². The molecule has 0 saturated carbocycles. The van der Waals surface area contributed by atoms with Crippen LogP contribution >= 0.6 is 0 Å². The monoisotopic (exact) mass is 605 g/mol. The first-order chi connectivity index (χ1) is 18.0. The van der Waals surface area contributed by atoms with Crippen molar-refractivity contribution in [1.29, 1.82) is 0 Å². The van der Waals surface area contributed by atoms with Gasteiger partial charge in [-0.1, -0.05) is 70.2 Å². The number of likely N-dealkylation sites (N-methyl/N-ethyl adjacent to an activating group) is 1. The Labute approximate surface area is 280 Å². The van der Waals surface area contributed by atoms with Crippen LogP contribution in [-0.2, 0) is 31.1 Å². The molecule has 1 heterocycles. The molecule has 0 bridgehead atoms. The van der Waals surface area contributed by atoms with Crippen LogP contribution in [0.1, 0.15) is 51.3 Å². The van der Waals surface area contributed by atoms with Crippen LogP contribution in [0.5, 0.6) is 0 Å². The van der Waals surface area contributed by atoms with E-state index >= 15 is 0 Å². The molecule has 206 valence electrons. The quantitative estimate of drug-likeness (QED) is 0.306. The maximum atomic E-state index is 11.6. The number of rotatable bonds is 6. The van der Waals surface area contributed by atoms with Crippen molar-refractivity contribution in [3.05, 3.63) is 107 Å². The van der Waals surface area contributed by atoms with Crippen LogP contribution in [0.2, 0.25) is 0 Å². The zero-order valence-electron chi connectivity index (χ0n) is 23.8. The van der Waals surface area contributed by atoms with Crippen LogP contribution in [-0.4, -0.2) is 33.0 Å². The molecule has 0 saturated heterocycles. The van der Waals surface area contributed by atoms with Crippen LogP contribution in [0.15, 0.2) is 100.0 Å². The molecule has 4 rings (SSSR count). The van der Waals surface area contributed by atoms with Crippen molar-refractivity contribution in [2.45, 2.75) is 55.2 Å². The van der Waals surface area contributed by atoms with Gasteiger partial charge in [-0.2, -0.15) is 8.42 Å². The van der Waals surface area contributed by atoms with Crippen LogP contribution in [0.4, 0.5) is 5.69 Å². The van der Waals surface area contributed by atoms with E-state index in [1.165, 1.54) is 18.2 Å². The summed E-state index contributed by atoms with van der Waals surface area (Å²) in [5.41, 5.74) is 5.64. The van der Waals surface area contributed by atoms with Gasteiger partial charge in [-0.15, -0.1) is 0 Å². The summed E-state index contributed by atoms with van der Waals surface area (Å²) in [6.07, 6.45) is 13.5. The van der Waals surface area contributed by atoms with Crippen molar-refractivity contribution in [2.24, 2.45) is 0 Å². The third-order valence-electron chi connectivity index (χ3n) is 7.70. The van der Waals surface area contributed by atoms with E-state index in [9.17, 15) is 25.9 Å². The number of allylic oxidation sites excluding steroid dienone is 10. The van der Waals surface area contributed by atoms with E-state index in [2.05, 4.69) is 0 Å². The number of benzene rings is 2. The molecule has 0 atom stereocenters. The average Bonchev–Trinajstić information content (AvgIpc) is 3.15. The standard InChI is InChI=1S/C30H33NO6S2.K/c1-20-23-16-14-21(38(32,33)34)18-25(23)29(2,3)24(20)12-10-8-7-9-11-13-28-30(4,5)26-19-22(39(35,36)37)15-17-27(26)31(28)6;/h7-19H,1-6H3,(H,32,33,34)(H,35,36,37);/q;+1/p-1. The zero-order chi connectivity index (χ0) is 29.0. The fraction of sp³-hybridized carbons (Fsp3) is 0.267. The summed E-state index contributed by atoms with van der Waals surface area (Å²) in [5.74, 6) is 0. The van der Waals surface area contributed by atoms with E-state index in [4.69, 9.17) is 0 Å². The number of nitrogens with zero attached hydrogens (tertiary/aromatic N) is 1. The molecule has 0 spiro atoms. The second-order valence-electron chi connectivity index (χ2n) is 10.8. The van der Waals surface area contributed by atoms with Gasteiger partial charge in [0, 0.05) is 29.3 Å². The number of anilines is 1. The first-order valence-corrected chi connectivity index (χ1v) is 15.2. The summed E-state index contributed by atoms with van der Waals surface area (Å²) >= 11 is 0. The van der Waals surface area contributed by atoms with Gasteiger partial charge < -0.3 is 9.45 Å². The first kappa shape index (κ1) is 32.9. The molecule has 1 aliphatic heterocycles. The minimum absolute atomic E-state index is 0. The van der Waals surface area contributed by atoms with Gasteiger partial charge >= 0.3 is 51.4 Å². The van der Waals surface area contributed by atoms with E-state index in [1.807, 2.05) is 89.1 Å². The molecule has 0 fully saturated rings. The van der Waals surface area contributed by atoms with E-state index < -0.39 is 31.1 Å². The minimum Gasteiger partial charge on any atom is -0.744 e. The molecule has 1 aliphatic carbocycles. The molecule has 7 nitrogen and oxygen atoms in total. The predicted octanol–water partition coefficient (Wildman–Crippen LogP) is 2.89. The molecule has 40 heavy (non-hydrogen) atoms. The van der Waals surface area contributed by atoms with Crippen LogP contribution in [0.25, 0.3) is 5.57 Å². The second kappa shape index (κ2) is 11.6. The summed E-state index contributed by atoms with van der Waals surface area (Å²) in [6, 6.07) is 9.18. The third kappa shape index (κ3) is 6.11. The first-order valence-electron chi connectivity index (χ1n) is 12.4. The van der Waals surface area contributed by atoms with Gasteiger partial charge in [0.2, 0.25) is 0 Å². The topological polar surface area (TPSA) is 115 Å². The van der Waals surface area contributed by atoms with Gasteiger partial charge in [-0.05, 0) is 71.2 Å². The smallest absolute Gasteiger partial charge is 0.744 e. The van der Waals surface area contributed by atoms with Crippen molar-refractivity contribution >= 4 is 31.5 Å². The Morgan fingerprint density at radius 2 is 1.40 bits per heavy atom. The summed E-state index contributed by atoms with van der Waals surface area (Å²) in [7, 11) is -6.90. The van der Waals surface area contributed by atoms with Gasteiger partial charge in [-0.25, -0.2) is 8.42 Å². The Hall–Kier alpha value is -1.60. The van der Waals surface area contributed by atoms with Gasteiger partial charge in [0.25, 0.3) is 10.1 Å². The average molecular weight is 606 g/mol. The van der Waals surface area contributed by atoms with Crippen LogP contribution < -0.4 is 56.3 Å². The predicted molar refractivity (Wildman–Crippen MR) is 153 cm³/mol. The molecule has 0 radical (unpaired) electrons. The van der Waals surface area contributed by atoms with Gasteiger partial charge in [-0.3, -0.25) is 4.55 Å². The minimum atomic E-state index is -4.53. The van der Waals surface area contributed by atoms with Crippen molar-refractivity contribution in [3.63, 3.8) is 0 Å². The second-order valence-corrected chi connectivity index (χ2v) is 13.6. The summed E-state index contributed by atoms with van der Waals surface area (Å²) in [6.45, 7) is 10.0. The van der Waals surface area contributed by atoms with E-state index in [-0.39, 0.29) is 61.2 Å². The molecular formula is C30H32KNO6S2. The molecule has 0 aromatic heterocycles. The normalized spacial score (nSPS) is 19.2. The Kier molecular flexibility index (Phi) is 9.53. The van der Waals surface area contributed by atoms with E-state index in [0.29, 0.717) is 0 Å². The van der Waals surface area contributed by atoms with Gasteiger partial charge in [0.05, 0.1) is 9.79 Å². The molecule has 0 amide bonds. The Morgan fingerprint density at radius 3 is 2.02 bits per heavy atom. The van der Waals surface area contributed by atoms with E-state index in [1.54, 1.807) is 18.2 Å². The molecule has 10 heteroatoms. The van der Waals surface area contributed by atoms with Gasteiger partial charge in [0.15, 0.2) is 0 Å². The molecule has 2 aliphatic rings. The number of hydrogen-bond acceptors (Lipinski definition) is 6. The van der Waals surface area contributed by atoms with Crippen molar-refractivity contribution in [2.75, 3.05) is 11.9 Å². The fourth-order valence-corrected chi connectivity index (χ4v) is 6.59. The Bertz CT molecular complexity index is 1730.